The van der Waals surface area contributed by atoms with E-state index in [-0.39, 0.29) is 11.8 Å². The zero-order valence-corrected chi connectivity index (χ0v) is 18.5. The Morgan fingerprint density at radius 2 is 2.06 bits per heavy atom. The molecule has 2 atom stereocenters. The monoisotopic (exact) mass is 471 g/mol. The molecule has 0 spiro atoms. The first-order chi connectivity index (χ1) is 16.2. The molecule has 0 bridgehead atoms. The van der Waals surface area contributed by atoms with E-state index < -0.39 is 23.9 Å². The molecule has 34 heavy (non-hydrogen) atoms. The van der Waals surface area contributed by atoms with Gasteiger partial charge in [0.1, 0.15) is 0 Å². The summed E-state index contributed by atoms with van der Waals surface area (Å²) in [4.78, 5) is 21.5. The predicted octanol–water partition coefficient (Wildman–Crippen LogP) is 3.34. The molecule has 0 radical (unpaired) electrons. The second kappa shape index (κ2) is 7.82. The van der Waals surface area contributed by atoms with E-state index >= 15 is 0 Å². The van der Waals surface area contributed by atoms with Crippen LogP contribution in [0.4, 0.5) is 18.9 Å². The molecule has 9 nitrogen and oxygen atoms in total. The Labute approximate surface area is 191 Å². The van der Waals surface area contributed by atoms with Crippen LogP contribution in [0.3, 0.4) is 0 Å². The molecule has 0 saturated heterocycles. The van der Waals surface area contributed by atoms with Crippen molar-refractivity contribution in [2.75, 3.05) is 5.32 Å². The first-order valence-corrected chi connectivity index (χ1v) is 10.4. The zero-order chi connectivity index (χ0) is 24.2. The number of amides is 1. The Bertz CT molecular complexity index is 1420. The number of carbonyl (C=O) groups is 1. The van der Waals surface area contributed by atoms with Crippen LogP contribution in [0.15, 0.2) is 36.9 Å². The van der Waals surface area contributed by atoms with E-state index in [1.807, 2.05) is 13.1 Å². The molecule has 1 N–H and O–H groups in total. The van der Waals surface area contributed by atoms with Crippen LogP contribution in [0.25, 0.3) is 5.65 Å². The van der Waals surface area contributed by atoms with E-state index in [1.54, 1.807) is 31.0 Å². The summed E-state index contributed by atoms with van der Waals surface area (Å²) in [5, 5.41) is 11.0. The van der Waals surface area contributed by atoms with Crippen LogP contribution < -0.4 is 10.1 Å². The van der Waals surface area contributed by atoms with Gasteiger partial charge in [-0.25, -0.2) is 14.5 Å². The molecule has 0 unspecified atom stereocenters. The molecule has 1 amide bonds. The summed E-state index contributed by atoms with van der Waals surface area (Å²) in [6.45, 7) is 0.512. The normalized spacial score (nSPS) is 19.6. The standard InChI is InChI=1S/C22H20F3N7O2/c1-11-4-13(8-27-20(11)34-21(24)25)29-19(33)14-6-22(2,12-7-28-31(3)10-12)18-15(14)9-26-17-5-16(23)30-32(17)18/h4-5,7-10,14,21H,6H2,1-3H3,(H,29,33)/t14-,22-/m1/s1. The van der Waals surface area contributed by atoms with Crippen molar-refractivity contribution in [1.82, 2.24) is 29.4 Å². The smallest absolute Gasteiger partial charge is 0.388 e. The third kappa shape index (κ3) is 3.55. The lowest BCUT2D eigenvalue weighted by Gasteiger charge is -2.24. The fourth-order valence-corrected chi connectivity index (χ4v) is 4.60. The van der Waals surface area contributed by atoms with Crippen LogP contribution in [0, 0.1) is 12.9 Å². The molecule has 0 fully saturated rings. The number of aromatic nitrogens is 6. The maximum Gasteiger partial charge on any atom is 0.388 e. The average Bonchev–Trinajstić information content (AvgIpc) is 3.45. The van der Waals surface area contributed by atoms with E-state index in [0.29, 0.717) is 34.6 Å². The molecule has 1 aliphatic carbocycles. The molecule has 4 heterocycles. The molecule has 12 heteroatoms. The van der Waals surface area contributed by atoms with Gasteiger partial charge in [-0.1, -0.05) is 0 Å². The zero-order valence-electron chi connectivity index (χ0n) is 18.5. The highest BCUT2D eigenvalue weighted by Gasteiger charge is 2.47. The van der Waals surface area contributed by atoms with Gasteiger partial charge in [0.25, 0.3) is 0 Å². The number of ether oxygens (including phenoxy) is 1. The summed E-state index contributed by atoms with van der Waals surface area (Å²) in [5.74, 6) is -1.86. The van der Waals surface area contributed by atoms with Crippen molar-refractivity contribution >= 4 is 17.2 Å². The minimum absolute atomic E-state index is 0.212. The minimum atomic E-state index is -3.00. The van der Waals surface area contributed by atoms with Crippen LogP contribution in [0.5, 0.6) is 5.88 Å². The predicted molar refractivity (Wildman–Crippen MR) is 114 cm³/mol. The lowest BCUT2D eigenvalue weighted by atomic mass is 9.80. The lowest BCUT2D eigenvalue weighted by molar-refractivity contribution is -0.117. The SMILES string of the molecule is Cc1cc(NC(=O)[C@@H]2C[C@](C)(c3cnn(C)c3)c3c2cnc2cc(F)nn32)cnc1OC(F)F. The molecule has 176 valence electrons. The van der Waals surface area contributed by atoms with Crippen molar-refractivity contribution in [3.8, 4) is 5.88 Å². The summed E-state index contributed by atoms with van der Waals surface area (Å²) in [6.07, 6.45) is 6.75. The quantitative estimate of drug-likeness (QED) is 0.479. The summed E-state index contributed by atoms with van der Waals surface area (Å²) in [7, 11) is 1.79. The number of anilines is 1. The molecule has 1 aliphatic rings. The van der Waals surface area contributed by atoms with Crippen LogP contribution in [0.1, 0.15) is 41.6 Å². The van der Waals surface area contributed by atoms with Crippen LogP contribution in [-0.4, -0.2) is 41.9 Å². The second-order valence-electron chi connectivity index (χ2n) is 8.50. The van der Waals surface area contributed by atoms with Gasteiger partial charge < -0.3 is 10.1 Å². The van der Waals surface area contributed by atoms with Gasteiger partial charge >= 0.3 is 6.61 Å². The molecule has 0 aromatic carbocycles. The third-order valence-electron chi connectivity index (χ3n) is 6.15. The number of pyridine rings is 1. The molecular weight excluding hydrogens is 451 g/mol. The fourth-order valence-electron chi connectivity index (χ4n) is 4.60. The van der Waals surface area contributed by atoms with Crippen LogP contribution in [-0.2, 0) is 17.3 Å². The number of halogens is 3. The molecule has 5 rings (SSSR count). The lowest BCUT2D eigenvalue weighted by Crippen LogP contribution is -2.25. The molecular formula is C22H20F3N7O2. The number of nitrogens with zero attached hydrogens (tertiary/aromatic N) is 6. The van der Waals surface area contributed by atoms with E-state index in [0.717, 1.165) is 5.56 Å². The Morgan fingerprint density at radius 3 is 2.74 bits per heavy atom. The summed E-state index contributed by atoms with van der Waals surface area (Å²) < 4.78 is 46.5. The van der Waals surface area contributed by atoms with Gasteiger partial charge in [0, 0.05) is 47.6 Å². The Kier molecular flexibility index (Phi) is 5.03. The van der Waals surface area contributed by atoms with Crippen molar-refractivity contribution in [3.05, 3.63) is 65.3 Å². The van der Waals surface area contributed by atoms with Crippen LogP contribution in [0.2, 0.25) is 0 Å². The number of hydrogen-bond acceptors (Lipinski definition) is 6. The topological polar surface area (TPSA) is 99.2 Å². The van der Waals surface area contributed by atoms with E-state index in [2.05, 4.69) is 30.2 Å². The maximum atomic E-state index is 14.0. The first kappa shape index (κ1) is 21.9. The summed E-state index contributed by atoms with van der Waals surface area (Å²) in [5.41, 5.74) is 2.43. The van der Waals surface area contributed by atoms with Gasteiger partial charge in [-0.15, -0.1) is 5.10 Å². The van der Waals surface area contributed by atoms with Crippen molar-refractivity contribution in [2.45, 2.75) is 38.2 Å². The van der Waals surface area contributed by atoms with Crippen molar-refractivity contribution in [3.63, 3.8) is 0 Å². The van der Waals surface area contributed by atoms with E-state index in [4.69, 9.17) is 0 Å². The fraction of sp³-hybridized carbons (Fsp3) is 0.318. The van der Waals surface area contributed by atoms with E-state index in [9.17, 15) is 18.0 Å². The maximum absolute atomic E-state index is 14.0. The summed E-state index contributed by atoms with van der Waals surface area (Å²) >= 11 is 0. The van der Waals surface area contributed by atoms with Crippen molar-refractivity contribution in [1.29, 1.82) is 0 Å². The van der Waals surface area contributed by atoms with Gasteiger partial charge in [-0.2, -0.15) is 18.3 Å². The number of fused-ring (bicyclic) bond motifs is 3. The molecule has 4 aromatic rings. The second-order valence-corrected chi connectivity index (χ2v) is 8.50. The van der Waals surface area contributed by atoms with Gasteiger partial charge in [0.15, 0.2) is 5.65 Å². The van der Waals surface area contributed by atoms with Gasteiger partial charge in [-0.3, -0.25) is 9.48 Å². The largest absolute Gasteiger partial charge is 0.417 e. The van der Waals surface area contributed by atoms with E-state index in [1.165, 1.54) is 22.8 Å². The number of alkyl halides is 2. The van der Waals surface area contributed by atoms with Gasteiger partial charge in [-0.05, 0) is 26.3 Å². The van der Waals surface area contributed by atoms with Gasteiger partial charge in [0.2, 0.25) is 17.7 Å². The van der Waals surface area contributed by atoms with Crippen molar-refractivity contribution in [2.24, 2.45) is 7.05 Å². The van der Waals surface area contributed by atoms with Crippen molar-refractivity contribution < 1.29 is 22.7 Å². The average molecular weight is 471 g/mol. The summed E-state index contributed by atoms with van der Waals surface area (Å²) in [6, 6.07) is 2.73. The Balaban J connectivity index is 1.53. The highest BCUT2D eigenvalue weighted by atomic mass is 19.3. The third-order valence-corrected chi connectivity index (χ3v) is 6.15. The number of rotatable bonds is 5. The molecule has 0 aliphatic heterocycles. The highest BCUT2D eigenvalue weighted by molar-refractivity contribution is 5.97. The first-order valence-electron chi connectivity index (χ1n) is 10.4. The molecule has 0 saturated carbocycles. The Hall–Kier alpha value is -3.96. The van der Waals surface area contributed by atoms with Gasteiger partial charge in [0.05, 0.1) is 29.7 Å². The Morgan fingerprint density at radius 1 is 1.26 bits per heavy atom. The molecule has 4 aromatic heterocycles. The number of nitrogens with one attached hydrogen (secondary N) is 1. The highest BCUT2D eigenvalue weighted by Crippen LogP contribution is 2.49. The van der Waals surface area contributed by atoms with Crippen LogP contribution >= 0.6 is 0 Å². The number of hydrogen-bond donors (Lipinski definition) is 1. The number of aryl methyl sites for hydroxylation is 2. The number of carbonyl (C=O) groups excluding carboxylic acids is 1. The minimum Gasteiger partial charge on any atom is -0.417 e.